The Hall–Kier alpha value is -0.760. The number of hydrogen-bond acceptors (Lipinski definition) is 4. The van der Waals surface area contributed by atoms with Crippen LogP contribution in [0.5, 0.6) is 0 Å². The Labute approximate surface area is 129 Å². The average molecular weight is 330 g/mol. The zero-order valence-electron chi connectivity index (χ0n) is 12.2. The minimum atomic E-state index is -3.44. The van der Waals surface area contributed by atoms with Gasteiger partial charge in [0.25, 0.3) is 0 Å². The van der Waals surface area contributed by atoms with Crippen LogP contribution in [0.3, 0.4) is 0 Å². The molecule has 1 N–H and O–H groups in total. The Morgan fingerprint density at radius 1 is 1.19 bits per heavy atom. The molecule has 1 heterocycles. The molecular weight excluding hydrogens is 308 g/mol. The molecule has 0 bridgehead atoms. The summed E-state index contributed by atoms with van der Waals surface area (Å²) in [5.74, 6) is 0.861. The van der Waals surface area contributed by atoms with Crippen LogP contribution in [-0.2, 0) is 27.2 Å². The van der Waals surface area contributed by atoms with E-state index >= 15 is 0 Å². The summed E-state index contributed by atoms with van der Waals surface area (Å²) in [5, 5.41) is 3.24. The summed E-state index contributed by atoms with van der Waals surface area (Å²) in [7, 11) is -4.32. The molecule has 1 aliphatic heterocycles. The third-order valence-electron chi connectivity index (χ3n) is 3.54. The number of rotatable bonds is 6. The van der Waals surface area contributed by atoms with Crippen LogP contribution in [0, 0.1) is 0 Å². The van der Waals surface area contributed by atoms with E-state index in [0.29, 0.717) is 29.5 Å². The summed E-state index contributed by atoms with van der Waals surface area (Å²) >= 11 is 0. The molecule has 0 atom stereocenters. The van der Waals surface area contributed by atoms with Crippen molar-refractivity contribution < 1.29 is 12.6 Å². The molecule has 118 valence electrons. The Morgan fingerprint density at radius 3 is 2.38 bits per heavy atom. The highest BCUT2D eigenvalue weighted by Gasteiger charge is 2.27. The third-order valence-corrected chi connectivity index (χ3v) is 6.73. The molecule has 0 aliphatic carbocycles. The van der Waals surface area contributed by atoms with Crippen LogP contribution in [0.25, 0.3) is 0 Å². The summed E-state index contributed by atoms with van der Waals surface area (Å²) < 4.78 is 37.7. The molecule has 0 spiro atoms. The lowest BCUT2D eigenvalue weighted by atomic mass is 10.1. The van der Waals surface area contributed by atoms with Crippen molar-refractivity contribution in [1.29, 1.82) is 0 Å². The van der Waals surface area contributed by atoms with Crippen LogP contribution < -0.4 is 5.32 Å². The molecule has 1 aromatic carbocycles. The fourth-order valence-corrected chi connectivity index (χ4v) is 4.97. The molecule has 1 aliphatic rings. The molecule has 0 saturated carbocycles. The smallest absolute Gasteiger partial charge is 0.243 e. The van der Waals surface area contributed by atoms with Gasteiger partial charge in [-0.15, -0.1) is 0 Å². The van der Waals surface area contributed by atoms with E-state index in [9.17, 15) is 12.6 Å². The van der Waals surface area contributed by atoms with Gasteiger partial charge in [0.2, 0.25) is 10.0 Å². The van der Waals surface area contributed by atoms with Crippen LogP contribution in [-0.4, -0.2) is 54.6 Å². The molecule has 0 aromatic heterocycles. The number of sulfonamides is 1. The van der Waals surface area contributed by atoms with Crippen molar-refractivity contribution in [2.45, 2.75) is 18.2 Å². The second-order valence-electron chi connectivity index (χ2n) is 5.00. The normalized spacial score (nSPS) is 18.0. The highest BCUT2D eigenvalue weighted by atomic mass is 32.2. The maximum Gasteiger partial charge on any atom is 0.243 e. The van der Waals surface area contributed by atoms with E-state index < -0.39 is 20.8 Å². The van der Waals surface area contributed by atoms with Crippen LogP contribution in [0.15, 0.2) is 29.2 Å². The summed E-state index contributed by atoms with van der Waals surface area (Å²) in [6.45, 7) is 4.57. The lowest BCUT2D eigenvalue weighted by molar-refractivity contribution is 0.438. The quantitative estimate of drug-likeness (QED) is 0.776. The topological polar surface area (TPSA) is 66.5 Å². The van der Waals surface area contributed by atoms with Crippen LogP contribution >= 0.6 is 0 Å². The van der Waals surface area contributed by atoms with E-state index in [2.05, 4.69) is 12.2 Å². The van der Waals surface area contributed by atoms with Gasteiger partial charge in [0.15, 0.2) is 0 Å². The van der Waals surface area contributed by atoms with Crippen molar-refractivity contribution in [3.05, 3.63) is 29.8 Å². The van der Waals surface area contributed by atoms with Crippen LogP contribution in [0.2, 0.25) is 0 Å². The Balaban J connectivity index is 2.04. The van der Waals surface area contributed by atoms with Gasteiger partial charge in [-0.1, -0.05) is 19.1 Å². The fraction of sp³-hybridized carbons (Fsp3) is 0.571. The van der Waals surface area contributed by atoms with Gasteiger partial charge in [0.05, 0.1) is 4.90 Å². The molecule has 0 amide bonds. The highest BCUT2D eigenvalue weighted by Crippen LogP contribution is 2.18. The van der Waals surface area contributed by atoms with Crippen molar-refractivity contribution >= 4 is 20.8 Å². The van der Waals surface area contributed by atoms with Crippen molar-refractivity contribution in [2.24, 2.45) is 0 Å². The van der Waals surface area contributed by atoms with E-state index in [1.54, 1.807) is 12.1 Å². The SMILES string of the molecule is CCNCCc1ccc(S(=O)(=O)N2CCS(=O)CC2)cc1. The maximum absolute atomic E-state index is 12.5. The van der Waals surface area contributed by atoms with Gasteiger partial charge >= 0.3 is 0 Å². The van der Waals surface area contributed by atoms with Gasteiger partial charge in [0, 0.05) is 35.4 Å². The van der Waals surface area contributed by atoms with Crippen LogP contribution in [0.1, 0.15) is 12.5 Å². The number of nitrogens with zero attached hydrogens (tertiary/aromatic N) is 1. The fourth-order valence-electron chi connectivity index (χ4n) is 2.25. The summed E-state index contributed by atoms with van der Waals surface area (Å²) in [6, 6.07) is 7.07. The Bertz CT molecular complexity index is 575. The maximum atomic E-state index is 12.5. The monoisotopic (exact) mass is 330 g/mol. The first-order valence-corrected chi connectivity index (χ1v) is 10.1. The highest BCUT2D eigenvalue weighted by molar-refractivity contribution is 7.89. The predicted molar refractivity (Wildman–Crippen MR) is 85.3 cm³/mol. The summed E-state index contributed by atoms with van der Waals surface area (Å²) in [5.41, 5.74) is 1.12. The zero-order valence-corrected chi connectivity index (χ0v) is 13.9. The predicted octanol–water partition coefficient (Wildman–Crippen LogP) is 0.592. The van der Waals surface area contributed by atoms with Gasteiger partial charge < -0.3 is 5.32 Å². The molecule has 2 rings (SSSR count). The minimum Gasteiger partial charge on any atom is -0.317 e. The minimum absolute atomic E-state index is 0.322. The van der Waals surface area contributed by atoms with E-state index in [1.165, 1.54) is 4.31 Å². The molecule has 0 radical (unpaired) electrons. The summed E-state index contributed by atoms with van der Waals surface area (Å²) in [6.07, 6.45) is 0.886. The molecule has 1 saturated heterocycles. The first-order valence-electron chi connectivity index (χ1n) is 7.19. The van der Waals surface area contributed by atoms with E-state index in [4.69, 9.17) is 0 Å². The molecule has 1 fully saturated rings. The second-order valence-corrected chi connectivity index (χ2v) is 8.63. The van der Waals surface area contributed by atoms with Crippen molar-refractivity contribution in [2.75, 3.05) is 37.7 Å². The largest absolute Gasteiger partial charge is 0.317 e. The number of likely N-dealkylation sites (N-methyl/N-ethyl adjacent to an activating group) is 1. The lowest BCUT2D eigenvalue weighted by Crippen LogP contribution is -2.41. The number of nitrogens with one attached hydrogen (secondary N) is 1. The standard InChI is InChI=1S/C14H22N2O3S2/c1-2-15-8-7-13-3-5-14(6-4-13)21(18,19)16-9-11-20(17)12-10-16/h3-6,15H,2,7-12H2,1H3. The molecular formula is C14H22N2O3S2. The molecule has 0 unspecified atom stereocenters. The average Bonchev–Trinajstić information content (AvgIpc) is 2.48. The van der Waals surface area contributed by atoms with E-state index in [-0.39, 0.29) is 0 Å². The molecule has 1 aromatic rings. The number of benzene rings is 1. The zero-order chi connectivity index (χ0) is 15.3. The molecule has 7 heteroatoms. The van der Waals surface area contributed by atoms with E-state index in [1.807, 2.05) is 12.1 Å². The van der Waals surface area contributed by atoms with Gasteiger partial charge in [-0.05, 0) is 37.2 Å². The Kier molecular flexibility index (Phi) is 5.92. The van der Waals surface area contributed by atoms with Gasteiger partial charge in [0.1, 0.15) is 0 Å². The van der Waals surface area contributed by atoms with Crippen molar-refractivity contribution in [3.63, 3.8) is 0 Å². The first kappa shape index (κ1) is 16.6. The third kappa shape index (κ3) is 4.35. The second kappa shape index (κ2) is 7.49. The van der Waals surface area contributed by atoms with Gasteiger partial charge in [-0.3, -0.25) is 4.21 Å². The first-order chi connectivity index (χ1) is 10.0. The summed E-state index contributed by atoms with van der Waals surface area (Å²) in [4.78, 5) is 0.322. The molecule has 21 heavy (non-hydrogen) atoms. The lowest BCUT2D eigenvalue weighted by Gasteiger charge is -2.25. The molecule has 5 nitrogen and oxygen atoms in total. The van der Waals surface area contributed by atoms with Crippen molar-refractivity contribution in [1.82, 2.24) is 9.62 Å². The van der Waals surface area contributed by atoms with Crippen molar-refractivity contribution in [3.8, 4) is 0 Å². The van der Waals surface area contributed by atoms with Crippen LogP contribution in [0.4, 0.5) is 0 Å². The van der Waals surface area contributed by atoms with E-state index in [0.717, 1.165) is 25.1 Å². The van der Waals surface area contributed by atoms with Gasteiger partial charge in [-0.2, -0.15) is 4.31 Å². The van der Waals surface area contributed by atoms with Gasteiger partial charge in [-0.25, -0.2) is 8.42 Å². The Morgan fingerprint density at radius 2 is 1.81 bits per heavy atom. The number of hydrogen-bond donors (Lipinski definition) is 1.